The number of aliphatic imine (C=N–C) groups is 1. The van der Waals surface area contributed by atoms with E-state index >= 15 is 0 Å². The Morgan fingerprint density at radius 2 is 1.89 bits per heavy atom. The van der Waals surface area contributed by atoms with Gasteiger partial charge >= 0.3 is 0 Å². The number of para-hydroxylation sites is 2. The fourth-order valence-electron chi connectivity index (χ4n) is 5.20. The molecule has 0 unspecified atom stereocenters. The van der Waals surface area contributed by atoms with Crippen molar-refractivity contribution in [2.75, 3.05) is 11.5 Å². The van der Waals surface area contributed by atoms with Crippen molar-refractivity contribution < 1.29 is 24.2 Å². The molecule has 2 aromatic rings. The van der Waals surface area contributed by atoms with Gasteiger partial charge in [-0.3, -0.25) is 14.6 Å². The number of carboxylic acid groups (broad SMARTS) is 1. The van der Waals surface area contributed by atoms with Gasteiger partial charge in [0.2, 0.25) is 5.91 Å². The molecule has 2 aromatic carbocycles. The molecule has 190 valence electrons. The van der Waals surface area contributed by atoms with E-state index in [2.05, 4.69) is 20.8 Å². The molecule has 0 radical (unpaired) electrons. The van der Waals surface area contributed by atoms with Crippen LogP contribution in [0.1, 0.15) is 70.9 Å². The highest BCUT2D eigenvalue weighted by Gasteiger charge is 2.47. The Labute approximate surface area is 212 Å². The molecule has 0 N–H and O–H groups in total. The third-order valence-electron chi connectivity index (χ3n) is 6.80. The Bertz CT molecular complexity index is 1190. The SMILES string of the molecule is CCCCOc1cccc([C@H]2[C@@H]3C(=O)CC(C)(C)CC3=Nc3ccccc3N2C(=O)CCC(=O)[O-])c1. The van der Waals surface area contributed by atoms with Crippen molar-refractivity contribution in [1.29, 1.82) is 0 Å². The van der Waals surface area contributed by atoms with E-state index in [0.717, 1.165) is 24.1 Å². The molecule has 7 nitrogen and oxygen atoms in total. The summed E-state index contributed by atoms with van der Waals surface area (Å²) < 4.78 is 5.94. The third kappa shape index (κ3) is 5.50. The van der Waals surface area contributed by atoms with Crippen LogP contribution in [0.3, 0.4) is 0 Å². The normalized spacial score (nSPS) is 20.6. The highest BCUT2D eigenvalue weighted by atomic mass is 16.5. The van der Waals surface area contributed by atoms with Crippen LogP contribution >= 0.6 is 0 Å². The van der Waals surface area contributed by atoms with Crippen LogP contribution in [0.5, 0.6) is 5.75 Å². The first-order chi connectivity index (χ1) is 17.2. The Morgan fingerprint density at radius 1 is 1.11 bits per heavy atom. The fraction of sp³-hybridized carbons (Fsp3) is 0.448. The van der Waals surface area contributed by atoms with E-state index in [-0.39, 0.29) is 23.5 Å². The van der Waals surface area contributed by atoms with E-state index in [4.69, 9.17) is 9.73 Å². The van der Waals surface area contributed by atoms with Crippen molar-refractivity contribution in [2.24, 2.45) is 16.3 Å². The first-order valence-electron chi connectivity index (χ1n) is 12.6. The first kappa shape index (κ1) is 25.6. The van der Waals surface area contributed by atoms with Crippen LogP contribution < -0.4 is 14.7 Å². The zero-order valence-electron chi connectivity index (χ0n) is 21.2. The quantitative estimate of drug-likeness (QED) is 0.506. The van der Waals surface area contributed by atoms with Crippen molar-refractivity contribution in [1.82, 2.24) is 0 Å². The standard InChI is InChI=1S/C29H34N2O5/c1-4-5-15-36-20-10-8-9-19(16-20)28-27-22(17-29(2,3)18-24(27)32)30-21-11-6-7-12-23(21)31(28)25(33)13-14-26(34)35/h6-12,16,27-28H,4-5,13-15,17-18H2,1-3H3,(H,34,35)/p-1/t27-,28-/m0/s1. The maximum Gasteiger partial charge on any atom is 0.228 e. The lowest BCUT2D eigenvalue weighted by Crippen LogP contribution is -2.47. The molecule has 4 rings (SSSR count). The van der Waals surface area contributed by atoms with Gasteiger partial charge in [0.05, 0.1) is 29.9 Å². The molecule has 36 heavy (non-hydrogen) atoms. The number of hydrogen-bond donors (Lipinski definition) is 0. The number of benzene rings is 2. The molecule has 0 aromatic heterocycles. The predicted molar refractivity (Wildman–Crippen MR) is 136 cm³/mol. The number of carbonyl (C=O) groups is 3. The molecule has 1 saturated carbocycles. The smallest absolute Gasteiger partial charge is 0.228 e. The molecule has 1 aliphatic carbocycles. The number of unbranched alkanes of at least 4 members (excludes halogenated alkanes) is 1. The minimum absolute atomic E-state index is 0.0258. The number of nitrogens with zero attached hydrogens (tertiary/aromatic N) is 2. The van der Waals surface area contributed by atoms with Crippen LogP contribution in [0.15, 0.2) is 53.5 Å². The molecule has 1 heterocycles. The van der Waals surface area contributed by atoms with E-state index in [9.17, 15) is 19.5 Å². The zero-order chi connectivity index (χ0) is 25.9. The number of anilines is 1. The minimum Gasteiger partial charge on any atom is -0.550 e. The largest absolute Gasteiger partial charge is 0.550 e. The average Bonchev–Trinajstić information content (AvgIpc) is 2.96. The van der Waals surface area contributed by atoms with Crippen LogP contribution in [0.25, 0.3) is 0 Å². The van der Waals surface area contributed by atoms with Gasteiger partial charge in [-0.2, -0.15) is 0 Å². The molecule has 2 aliphatic rings. The second-order valence-corrected chi connectivity index (χ2v) is 10.4. The first-order valence-corrected chi connectivity index (χ1v) is 12.6. The number of rotatable bonds is 8. The van der Waals surface area contributed by atoms with Gasteiger partial charge < -0.3 is 19.5 Å². The van der Waals surface area contributed by atoms with E-state index in [1.807, 2.05) is 42.5 Å². The lowest BCUT2D eigenvalue weighted by molar-refractivity contribution is -0.305. The number of ketones is 1. The number of fused-ring (bicyclic) bond motifs is 2. The summed E-state index contributed by atoms with van der Waals surface area (Å²) in [6.07, 6.45) is 2.29. The molecule has 1 amide bonds. The van der Waals surface area contributed by atoms with Crippen molar-refractivity contribution in [3.05, 3.63) is 54.1 Å². The summed E-state index contributed by atoms with van der Waals surface area (Å²) in [5.41, 5.74) is 2.43. The van der Waals surface area contributed by atoms with Gasteiger partial charge in [-0.05, 0) is 54.5 Å². The zero-order valence-corrected chi connectivity index (χ0v) is 21.2. The maximum absolute atomic E-state index is 13.7. The van der Waals surface area contributed by atoms with Crippen LogP contribution in [-0.4, -0.2) is 30.0 Å². The Hall–Kier alpha value is -3.48. The summed E-state index contributed by atoms with van der Waals surface area (Å²) in [5, 5.41) is 11.2. The monoisotopic (exact) mass is 489 g/mol. The average molecular weight is 490 g/mol. The number of Topliss-reactive ketones (excluding diaryl/α,β-unsaturated/α-hetero) is 1. The molecular weight excluding hydrogens is 456 g/mol. The van der Waals surface area contributed by atoms with E-state index in [0.29, 0.717) is 36.6 Å². The summed E-state index contributed by atoms with van der Waals surface area (Å²) in [7, 11) is 0. The number of ether oxygens (including phenoxy) is 1. The van der Waals surface area contributed by atoms with E-state index in [1.165, 1.54) is 0 Å². The Morgan fingerprint density at radius 3 is 2.64 bits per heavy atom. The highest BCUT2D eigenvalue weighted by Crippen LogP contribution is 2.48. The summed E-state index contributed by atoms with van der Waals surface area (Å²) >= 11 is 0. The molecule has 1 fully saturated rings. The van der Waals surface area contributed by atoms with Gasteiger partial charge in [0.1, 0.15) is 11.5 Å². The van der Waals surface area contributed by atoms with Crippen LogP contribution in [-0.2, 0) is 14.4 Å². The number of amides is 1. The summed E-state index contributed by atoms with van der Waals surface area (Å²) in [4.78, 5) is 45.1. The number of hydrogen-bond acceptors (Lipinski definition) is 6. The maximum atomic E-state index is 13.7. The fourth-order valence-corrected chi connectivity index (χ4v) is 5.20. The van der Waals surface area contributed by atoms with Crippen LogP contribution in [0, 0.1) is 11.3 Å². The number of carbonyl (C=O) groups excluding carboxylic acids is 3. The van der Waals surface area contributed by atoms with Gasteiger partial charge in [-0.15, -0.1) is 0 Å². The van der Waals surface area contributed by atoms with Gasteiger partial charge in [-0.25, -0.2) is 0 Å². The Kier molecular flexibility index (Phi) is 7.57. The predicted octanol–water partition coefficient (Wildman–Crippen LogP) is 4.56. The molecule has 0 bridgehead atoms. The highest BCUT2D eigenvalue weighted by molar-refractivity contribution is 6.13. The molecule has 0 spiro atoms. The molecule has 0 saturated heterocycles. The van der Waals surface area contributed by atoms with Crippen LogP contribution in [0.4, 0.5) is 11.4 Å². The third-order valence-corrected chi connectivity index (χ3v) is 6.80. The summed E-state index contributed by atoms with van der Waals surface area (Å²) in [5.74, 6) is -1.62. The summed E-state index contributed by atoms with van der Waals surface area (Å²) in [6.45, 7) is 6.78. The second kappa shape index (κ2) is 10.6. The number of carboxylic acids is 1. The van der Waals surface area contributed by atoms with Crippen molar-refractivity contribution in [3.63, 3.8) is 0 Å². The summed E-state index contributed by atoms with van der Waals surface area (Å²) in [6, 6.07) is 14.2. The van der Waals surface area contributed by atoms with E-state index < -0.39 is 24.3 Å². The Balaban J connectivity index is 1.87. The molecule has 1 aliphatic heterocycles. The van der Waals surface area contributed by atoms with Gasteiger partial charge in [-0.1, -0.05) is 51.5 Å². The van der Waals surface area contributed by atoms with E-state index in [1.54, 1.807) is 11.0 Å². The second-order valence-electron chi connectivity index (χ2n) is 10.4. The minimum atomic E-state index is -1.29. The van der Waals surface area contributed by atoms with Gasteiger partial charge in [0.25, 0.3) is 0 Å². The van der Waals surface area contributed by atoms with Crippen molar-refractivity contribution >= 4 is 34.7 Å². The lowest BCUT2D eigenvalue weighted by Gasteiger charge is -2.41. The molecule has 2 atom stereocenters. The van der Waals surface area contributed by atoms with Crippen molar-refractivity contribution in [2.45, 2.75) is 65.3 Å². The van der Waals surface area contributed by atoms with Crippen molar-refractivity contribution in [3.8, 4) is 5.75 Å². The van der Waals surface area contributed by atoms with Crippen LogP contribution in [0.2, 0.25) is 0 Å². The lowest BCUT2D eigenvalue weighted by atomic mass is 9.68. The number of aliphatic carboxylic acids is 1. The topological polar surface area (TPSA) is 99.1 Å². The van der Waals surface area contributed by atoms with Gasteiger partial charge in [0, 0.05) is 24.5 Å². The molecular formula is C29H33N2O5-. The van der Waals surface area contributed by atoms with Gasteiger partial charge in [0.15, 0.2) is 0 Å². The molecule has 7 heteroatoms.